The molecule has 4 rings (SSSR count). The Morgan fingerprint density at radius 1 is 1.16 bits per heavy atom. The van der Waals surface area contributed by atoms with Crippen molar-refractivity contribution in [1.29, 1.82) is 0 Å². The average molecular weight is 447 g/mol. The molecular weight excluding hydrogens is 424 g/mol. The van der Waals surface area contributed by atoms with Crippen LogP contribution in [0.4, 0.5) is 0 Å². The molecule has 1 N–H and O–H groups in total. The molecule has 0 radical (unpaired) electrons. The van der Waals surface area contributed by atoms with Gasteiger partial charge in [0.1, 0.15) is 21.6 Å². The van der Waals surface area contributed by atoms with E-state index in [9.17, 15) is 9.59 Å². The SMILES string of the molecule is CCOC(=O)c1c(-c2ccc(C)cc2)cn2c(=S)c(=Cc3ccccc3OC)c(=O)[nH]c12. The molecule has 162 valence electrons. The zero-order chi connectivity index (χ0) is 22.8. The van der Waals surface area contributed by atoms with Crippen LogP contribution in [0.15, 0.2) is 59.5 Å². The third-order valence-corrected chi connectivity index (χ3v) is 5.63. The molecular formula is C25H22N2O4S. The Hall–Kier alpha value is -3.71. The number of rotatable bonds is 5. The highest BCUT2D eigenvalue weighted by molar-refractivity contribution is 7.71. The zero-order valence-electron chi connectivity index (χ0n) is 18.0. The molecule has 32 heavy (non-hydrogen) atoms. The van der Waals surface area contributed by atoms with Crippen LogP contribution in [0.2, 0.25) is 0 Å². The van der Waals surface area contributed by atoms with Crippen molar-refractivity contribution in [3.05, 3.63) is 91.6 Å². The predicted octanol–water partition coefficient (Wildman–Crippen LogP) is 4.07. The van der Waals surface area contributed by atoms with Gasteiger partial charge in [0.25, 0.3) is 5.56 Å². The summed E-state index contributed by atoms with van der Waals surface area (Å²) in [6, 6.07) is 15.1. The number of benzene rings is 2. The number of H-pyrrole nitrogens is 1. The normalized spacial score (nSPS) is 11.7. The summed E-state index contributed by atoms with van der Waals surface area (Å²) in [5.41, 5.74) is 3.48. The first-order chi connectivity index (χ1) is 15.4. The number of hydrogen-bond acceptors (Lipinski definition) is 5. The summed E-state index contributed by atoms with van der Waals surface area (Å²) < 4.78 is 12.6. The van der Waals surface area contributed by atoms with Gasteiger partial charge in [0.05, 0.1) is 18.9 Å². The van der Waals surface area contributed by atoms with E-state index in [-0.39, 0.29) is 12.2 Å². The molecule has 0 aliphatic heterocycles. The van der Waals surface area contributed by atoms with Crippen LogP contribution in [0.3, 0.4) is 0 Å². The lowest BCUT2D eigenvalue weighted by molar-refractivity contribution is 0.0529. The second kappa shape index (κ2) is 8.80. The molecule has 0 unspecified atom stereocenters. The maximum absolute atomic E-state index is 13.0. The first-order valence-corrected chi connectivity index (χ1v) is 10.6. The Morgan fingerprint density at radius 3 is 2.56 bits per heavy atom. The van der Waals surface area contributed by atoms with Crippen molar-refractivity contribution in [3.8, 4) is 16.9 Å². The first kappa shape index (κ1) is 21.5. The van der Waals surface area contributed by atoms with Gasteiger partial charge < -0.3 is 14.5 Å². The smallest absolute Gasteiger partial charge is 0.342 e. The highest BCUT2D eigenvalue weighted by atomic mass is 32.1. The molecule has 7 heteroatoms. The number of fused-ring (bicyclic) bond motifs is 1. The lowest BCUT2D eigenvalue weighted by atomic mass is 10.0. The van der Waals surface area contributed by atoms with Gasteiger partial charge in [0.15, 0.2) is 0 Å². The van der Waals surface area contributed by atoms with Crippen LogP contribution in [0.5, 0.6) is 5.75 Å². The van der Waals surface area contributed by atoms with Crippen molar-refractivity contribution in [1.82, 2.24) is 9.38 Å². The van der Waals surface area contributed by atoms with Gasteiger partial charge in [-0.1, -0.05) is 60.2 Å². The number of aromatic nitrogens is 2. The van der Waals surface area contributed by atoms with Crippen LogP contribution in [-0.4, -0.2) is 29.1 Å². The topological polar surface area (TPSA) is 72.8 Å². The number of nitrogens with zero attached hydrogens (tertiary/aromatic N) is 1. The van der Waals surface area contributed by atoms with Gasteiger partial charge in [-0.2, -0.15) is 0 Å². The quantitative estimate of drug-likeness (QED) is 0.370. The maximum Gasteiger partial charge on any atom is 0.342 e. The summed E-state index contributed by atoms with van der Waals surface area (Å²) in [6.07, 6.45) is 3.46. The molecule has 0 saturated heterocycles. The Kier molecular flexibility index (Phi) is 5.92. The van der Waals surface area contributed by atoms with Crippen molar-refractivity contribution in [3.63, 3.8) is 0 Å². The molecule has 0 spiro atoms. The van der Waals surface area contributed by atoms with Gasteiger partial charge in [-0.25, -0.2) is 4.79 Å². The molecule has 2 aromatic heterocycles. The lowest BCUT2D eigenvalue weighted by Gasteiger charge is -2.05. The molecule has 0 saturated carbocycles. The number of esters is 1. The van der Waals surface area contributed by atoms with Gasteiger partial charge in [0.2, 0.25) is 0 Å². The largest absolute Gasteiger partial charge is 0.496 e. The van der Waals surface area contributed by atoms with Gasteiger partial charge in [0, 0.05) is 17.3 Å². The summed E-state index contributed by atoms with van der Waals surface area (Å²) >= 11 is 5.67. The second-order valence-electron chi connectivity index (χ2n) is 7.28. The number of ether oxygens (including phenoxy) is 2. The van der Waals surface area contributed by atoms with E-state index in [0.717, 1.165) is 16.7 Å². The minimum Gasteiger partial charge on any atom is -0.496 e. The maximum atomic E-state index is 13.0. The van der Waals surface area contributed by atoms with Crippen molar-refractivity contribution < 1.29 is 14.3 Å². The molecule has 0 aliphatic rings. The minimum atomic E-state index is -0.517. The van der Waals surface area contributed by atoms with Gasteiger partial charge in [-0.15, -0.1) is 0 Å². The monoisotopic (exact) mass is 446 g/mol. The number of methoxy groups -OCH3 is 1. The number of nitrogens with one attached hydrogen (secondary N) is 1. The molecule has 0 bridgehead atoms. The third-order valence-electron chi connectivity index (χ3n) is 5.21. The minimum absolute atomic E-state index is 0.216. The van der Waals surface area contributed by atoms with Crippen molar-refractivity contribution >= 4 is 29.9 Å². The number of hydrogen-bond donors (Lipinski definition) is 1. The van der Waals surface area contributed by atoms with E-state index in [1.54, 1.807) is 30.7 Å². The fourth-order valence-corrected chi connectivity index (χ4v) is 3.92. The number of aromatic amines is 1. The summed E-state index contributed by atoms with van der Waals surface area (Å²) in [6.45, 7) is 3.95. The van der Waals surface area contributed by atoms with Crippen molar-refractivity contribution in [2.75, 3.05) is 13.7 Å². The van der Waals surface area contributed by atoms with Crippen LogP contribution in [0.25, 0.3) is 22.9 Å². The third kappa shape index (κ3) is 3.83. The van der Waals surface area contributed by atoms with Crippen molar-refractivity contribution in [2.45, 2.75) is 13.8 Å². The highest BCUT2D eigenvalue weighted by Crippen LogP contribution is 2.29. The Labute approximate surface area is 189 Å². The van der Waals surface area contributed by atoms with Gasteiger partial charge in [-0.3, -0.25) is 9.20 Å². The van der Waals surface area contributed by atoms with Crippen LogP contribution in [0, 0.1) is 11.6 Å². The number of aryl methyl sites for hydroxylation is 1. The number of para-hydroxylation sites is 1. The molecule has 0 atom stereocenters. The van der Waals surface area contributed by atoms with Gasteiger partial charge >= 0.3 is 5.97 Å². The summed E-state index contributed by atoms with van der Waals surface area (Å²) in [7, 11) is 1.57. The first-order valence-electron chi connectivity index (χ1n) is 10.1. The van der Waals surface area contributed by atoms with E-state index in [1.165, 1.54) is 0 Å². The molecule has 0 aliphatic carbocycles. The van der Waals surface area contributed by atoms with Crippen molar-refractivity contribution in [2.24, 2.45) is 0 Å². The fraction of sp³-hybridized carbons (Fsp3) is 0.160. The van der Waals surface area contributed by atoms with Crippen LogP contribution in [-0.2, 0) is 4.74 Å². The number of carbonyl (C=O) groups is 1. The Morgan fingerprint density at radius 2 is 1.88 bits per heavy atom. The van der Waals surface area contributed by atoms with Crippen LogP contribution < -0.4 is 15.5 Å². The van der Waals surface area contributed by atoms with E-state index < -0.39 is 11.5 Å². The molecule has 0 amide bonds. The Bertz CT molecular complexity index is 1480. The lowest BCUT2D eigenvalue weighted by Crippen LogP contribution is -2.30. The molecule has 0 fully saturated rings. The molecule has 6 nitrogen and oxygen atoms in total. The summed E-state index contributed by atoms with van der Waals surface area (Å²) in [5, 5.41) is 0.304. The zero-order valence-corrected chi connectivity index (χ0v) is 18.8. The standard InChI is InChI=1S/C25H22N2O4S/c1-4-31-25(29)21-19(16-11-9-15(2)10-12-16)14-27-22(21)26-23(28)18(24(27)32)13-17-7-5-6-8-20(17)30-3/h5-14H,4H2,1-3H3,(H,26,28). The second-order valence-corrected chi connectivity index (χ2v) is 7.67. The fourth-order valence-electron chi connectivity index (χ4n) is 3.62. The summed E-state index contributed by atoms with van der Waals surface area (Å²) in [5.74, 6) is 0.110. The van der Waals surface area contributed by atoms with E-state index in [0.29, 0.717) is 26.8 Å². The number of carbonyl (C=O) groups excluding carboxylic acids is 1. The highest BCUT2D eigenvalue weighted by Gasteiger charge is 2.22. The summed E-state index contributed by atoms with van der Waals surface area (Å²) in [4.78, 5) is 28.7. The predicted molar refractivity (Wildman–Crippen MR) is 127 cm³/mol. The molecule has 2 aromatic carbocycles. The van der Waals surface area contributed by atoms with E-state index in [2.05, 4.69) is 4.98 Å². The van der Waals surface area contributed by atoms with Crippen LogP contribution in [0.1, 0.15) is 28.4 Å². The van der Waals surface area contributed by atoms with E-state index in [1.807, 2.05) is 55.5 Å². The Balaban J connectivity index is 2.04. The van der Waals surface area contributed by atoms with E-state index in [4.69, 9.17) is 21.7 Å². The van der Waals surface area contributed by atoms with Crippen LogP contribution >= 0.6 is 12.2 Å². The van der Waals surface area contributed by atoms with E-state index >= 15 is 0 Å². The average Bonchev–Trinajstić information content (AvgIpc) is 3.17. The van der Waals surface area contributed by atoms with Gasteiger partial charge in [-0.05, 0) is 31.6 Å². The molecule has 4 aromatic rings. The molecule has 2 heterocycles.